The van der Waals surface area contributed by atoms with Gasteiger partial charge in [-0.05, 0) is 23.8 Å². The summed E-state index contributed by atoms with van der Waals surface area (Å²) in [6.07, 6.45) is -0.970. The van der Waals surface area contributed by atoms with Gasteiger partial charge in [-0.3, -0.25) is 9.59 Å². The number of carbonyl (C=O) groups excluding carboxylic acids is 2. The molecule has 1 atom stereocenters. The zero-order chi connectivity index (χ0) is 17.5. The second kappa shape index (κ2) is 8.47. The van der Waals surface area contributed by atoms with E-state index in [-0.39, 0.29) is 24.8 Å². The van der Waals surface area contributed by atoms with Gasteiger partial charge in [0.25, 0.3) is 0 Å². The maximum Gasteiger partial charge on any atom is 0.243 e. The first-order valence-electron chi connectivity index (χ1n) is 7.48. The van der Waals surface area contributed by atoms with Crippen molar-refractivity contribution in [3.05, 3.63) is 65.2 Å². The Labute approximate surface area is 145 Å². The normalized spacial score (nSPS) is 11.6. The van der Waals surface area contributed by atoms with Crippen molar-refractivity contribution < 1.29 is 14.7 Å². The van der Waals surface area contributed by atoms with Crippen molar-refractivity contribution in [2.45, 2.75) is 12.5 Å². The van der Waals surface area contributed by atoms with Crippen LogP contribution in [0.4, 0.5) is 5.69 Å². The summed E-state index contributed by atoms with van der Waals surface area (Å²) in [4.78, 5) is 25.4. The molecule has 0 aliphatic heterocycles. The predicted octanol–water partition coefficient (Wildman–Crippen LogP) is 2.86. The second-order valence-corrected chi connectivity index (χ2v) is 5.88. The summed E-state index contributed by atoms with van der Waals surface area (Å²) in [7, 11) is 1.53. The molecule has 0 fully saturated rings. The minimum atomic E-state index is -0.892. The van der Waals surface area contributed by atoms with E-state index in [9.17, 15) is 14.7 Å². The maximum atomic E-state index is 12.1. The number of carbonyl (C=O) groups is 2. The Morgan fingerprint density at radius 2 is 1.88 bits per heavy atom. The van der Waals surface area contributed by atoms with Crippen LogP contribution < -0.4 is 5.32 Å². The number of aliphatic hydroxyl groups is 1. The Morgan fingerprint density at radius 3 is 2.54 bits per heavy atom. The average molecular weight is 347 g/mol. The molecule has 0 aliphatic carbocycles. The van der Waals surface area contributed by atoms with Gasteiger partial charge in [0.15, 0.2) is 0 Å². The van der Waals surface area contributed by atoms with Crippen LogP contribution in [0.25, 0.3) is 0 Å². The summed E-state index contributed by atoms with van der Waals surface area (Å²) in [5.74, 6) is -0.644. The number of anilines is 1. The van der Waals surface area contributed by atoms with Crippen LogP contribution in [0.1, 0.15) is 18.1 Å². The number of rotatable bonds is 6. The first kappa shape index (κ1) is 18.0. The summed E-state index contributed by atoms with van der Waals surface area (Å²) >= 11 is 5.86. The van der Waals surface area contributed by atoms with Crippen LogP contribution in [-0.4, -0.2) is 35.4 Å². The van der Waals surface area contributed by atoms with Crippen molar-refractivity contribution in [1.82, 2.24) is 4.90 Å². The van der Waals surface area contributed by atoms with E-state index >= 15 is 0 Å². The molecule has 24 heavy (non-hydrogen) atoms. The molecule has 2 N–H and O–H groups in total. The number of benzene rings is 2. The van der Waals surface area contributed by atoms with Crippen LogP contribution in [0.3, 0.4) is 0 Å². The zero-order valence-electron chi connectivity index (χ0n) is 13.3. The van der Waals surface area contributed by atoms with Crippen LogP contribution in [0.15, 0.2) is 54.6 Å². The molecular weight excluding hydrogens is 328 g/mol. The molecule has 2 rings (SSSR count). The summed E-state index contributed by atoms with van der Waals surface area (Å²) in [5.41, 5.74) is 1.24. The lowest BCUT2D eigenvalue weighted by Gasteiger charge is -2.19. The Bertz CT molecular complexity index is 706. The van der Waals surface area contributed by atoms with E-state index in [0.717, 1.165) is 0 Å². The van der Waals surface area contributed by atoms with Crippen LogP contribution in [0.2, 0.25) is 5.02 Å². The van der Waals surface area contributed by atoms with Gasteiger partial charge < -0.3 is 15.3 Å². The molecule has 2 amide bonds. The number of nitrogens with one attached hydrogen (secondary N) is 1. The smallest absolute Gasteiger partial charge is 0.243 e. The molecule has 5 nitrogen and oxygen atoms in total. The van der Waals surface area contributed by atoms with E-state index in [0.29, 0.717) is 16.3 Å². The molecule has 2 aromatic carbocycles. The fourth-order valence-electron chi connectivity index (χ4n) is 2.18. The van der Waals surface area contributed by atoms with Crippen molar-refractivity contribution in [3.8, 4) is 0 Å². The van der Waals surface area contributed by atoms with Crippen molar-refractivity contribution in [2.24, 2.45) is 0 Å². The molecule has 0 heterocycles. The molecule has 1 unspecified atom stereocenters. The molecular formula is C18H19ClN2O3. The molecule has 6 heteroatoms. The van der Waals surface area contributed by atoms with Gasteiger partial charge in [-0.15, -0.1) is 0 Å². The minimum Gasteiger partial charge on any atom is -0.388 e. The molecule has 0 saturated heterocycles. The van der Waals surface area contributed by atoms with E-state index in [1.54, 1.807) is 48.5 Å². The third-order valence-electron chi connectivity index (χ3n) is 3.47. The molecule has 0 spiro atoms. The van der Waals surface area contributed by atoms with Gasteiger partial charge >= 0.3 is 0 Å². The SMILES string of the molecule is CN(CC(=O)Nc1cccc(Cl)c1)C(=O)CC(O)c1ccccc1. The summed E-state index contributed by atoms with van der Waals surface area (Å²) in [6, 6.07) is 15.7. The molecule has 0 bridgehead atoms. The van der Waals surface area contributed by atoms with Crippen molar-refractivity contribution in [2.75, 3.05) is 18.9 Å². The van der Waals surface area contributed by atoms with Crippen LogP contribution in [0, 0.1) is 0 Å². The molecule has 2 aromatic rings. The Kier molecular flexibility index (Phi) is 6.35. The standard InChI is InChI=1S/C18H19ClN2O3/c1-21(12-17(23)20-15-9-5-8-14(19)10-15)18(24)11-16(22)13-6-3-2-4-7-13/h2-10,16,22H,11-12H2,1H3,(H,20,23). The zero-order valence-corrected chi connectivity index (χ0v) is 14.0. The number of aliphatic hydroxyl groups excluding tert-OH is 1. The largest absolute Gasteiger partial charge is 0.388 e. The van der Waals surface area contributed by atoms with Crippen molar-refractivity contribution in [3.63, 3.8) is 0 Å². The number of amides is 2. The monoisotopic (exact) mass is 346 g/mol. The summed E-state index contributed by atoms with van der Waals surface area (Å²) < 4.78 is 0. The van der Waals surface area contributed by atoms with Crippen LogP contribution in [-0.2, 0) is 9.59 Å². The first-order chi connectivity index (χ1) is 11.5. The number of hydrogen-bond acceptors (Lipinski definition) is 3. The highest BCUT2D eigenvalue weighted by Crippen LogP contribution is 2.17. The highest BCUT2D eigenvalue weighted by atomic mass is 35.5. The lowest BCUT2D eigenvalue weighted by molar-refractivity contribution is -0.135. The van der Waals surface area contributed by atoms with Crippen LogP contribution >= 0.6 is 11.6 Å². The Morgan fingerprint density at radius 1 is 1.17 bits per heavy atom. The minimum absolute atomic E-state index is 0.0784. The summed E-state index contributed by atoms with van der Waals surface area (Å²) in [5, 5.41) is 13.3. The van der Waals surface area contributed by atoms with Crippen molar-refractivity contribution >= 4 is 29.1 Å². The second-order valence-electron chi connectivity index (χ2n) is 5.44. The molecule has 0 aliphatic rings. The topological polar surface area (TPSA) is 69.6 Å². The first-order valence-corrected chi connectivity index (χ1v) is 7.86. The number of likely N-dealkylation sites (N-methyl/N-ethyl adjacent to an activating group) is 1. The van der Waals surface area contributed by atoms with E-state index < -0.39 is 6.10 Å². The van der Waals surface area contributed by atoms with Crippen LogP contribution in [0.5, 0.6) is 0 Å². The fraction of sp³-hybridized carbons (Fsp3) is 0.222. The highest BCUT2D eigenvalue weighted by Gasteiger charge is 2.18. The van der Waals surface area contributed by atoms with Gasteiger partial charge in [-0.2, -0.15) is 0 Å². The number of nitrogens with zero attached hydrogens (tertiary/aromatic N) is 1. The van der Waals surface area contributed by atoms with E-state index in [2.05, 4.69) is 5.32 Å². The number of halogens is 1. The van der Waals surface area contributed by atoms with E-state index in [4.69, 9.17) is 11.6 Å². The molecule has 0 saturated carbocycles. The van der Waals surface area contributed by atoms with Crippen molar-refractivity contribution in [1.29, 1.82) is 0 Å². The lowest BCUT2D eigenvalue weighted by atomic mass is 10.1. The molecule has 0 aromatic heterocycles. The Balaban J connectivity index is 1.85. The highest BCUT2D eigenvalue weighted by molar-refractivity contribution is 6.30. The predicted molar refractivity (Wildman–Crippen MR) is 93.7 cm³/mol. The van der Waals surface area contributed by atoms with Gasteiger partial charge in [-0.25, -0.2) is 0 Å². The summed E-state index contributed by atoms with van der Waals surface area (Å²) in [6.45, 7) is -0.104. The Hall–Kier alpha value is -2.37. The molecule has 126 valence electrons. The van der Waals surface area contributed by atoms with Gasteiger partial charge in [0.05, 0.1) is 19.1 Å². The third kappa shape index (κ3) is 5.37. The van der Waals surface area contributed by atoms with Gasteiger partial charge in [0, 0.05) is 17.8 Å². The quantitative estimate of drug-likeness (QED) is 0.845. The van der Waals surface area contributed by atoms with Gasteiger partial charge in [-0.1, -0.05) is 48.0 Å². The maximum absolute atomic E-state index is 12.1. The van der Waals surface area contributed by atoms with Gasteiger partial charge in [0.2, 0.25) is 11.8 Å². The average Bonchev–Trinajstić information content (AvgIpc) is 2.55. The van der Waals surface area contributed by atoms with Gasteiger partial charge in [0.1, 0.15) is 0 Å². The third-order valence-corrected chi connectivity index (χ3v) is 3.70. The fourth-order valence-corrected chi connectivity index (χ4v) is 2.37. The lowest BCUT2D eigenvalue weighted by Crippen LogP contribution is -2.35. The molecule has 0 radical (unpaired) electrons. The van der Waals surface area contributed by atoms with E-state index in [1.807, 2.05) is 6.07 Å². The number of hydrogen-bond donors (Lipinski definition) is 2. The van der Waals surface area contributed by atoms with E-state index in [1.165, 1.54) is 11.9 Å².